The van der Waals surface area contributed by atoms with Gasteiger partial charge in [0.15, 0.2) is 0 Å². The first-order valence-electron chi connectivity index (χ1n) is 15.4. The zero-order chi connectivity index (χ0) is 33.6. The molecule has 14 heteroatoms. The van der Waals surface area contributed by atoms with Crippen molar-refractivity contribution in [3.63, 3.8) is 0 Å². The largest absolute Gasteiger partial charge is 0.459 e. The first-order chi connectivity index (χ1) is 20.2. The van der Waals surface area contributed by atoms with Crippen LogP contribution >= 0.6 is 16.1 Å². The number of halogens is 1. The number of hydrogen-bond donors (Lipinski definition) is 2. The van der Waals surface area contributed by atoms with Crippen LogP contribution in [0.1, 0.15) is 62.3 Å². The third-order valence-corrected chi connectivity index (χ3v) is 6.55. The van der Waals surface area contributed by atoms with Gasteiger partial charge in [0, 0.05) is 81.6 Å². The summed E-state index contributed by atoms with van der Waals surface area (Å²) < 4.78 is 19.6. The normalized spacial score (nSPS) is 17.7. The molecular formula is C30H57BrN6O7. The predicted molar refractivity (Wildman–Crippen MR) is 173 cm³/mol. The third kappa shape index (κ3) is 21.0. The van der Waals surface area contributed by atoms with Gasteiger partial charge in [-0.1, -0.05) is 0 Å². The molecule has 0 bridgehead atoms. The summed E-state index contributed by atoms with van der Waals surface area (Å²) in [5, 5.41) is 2.90. The van der Waals surface area contributed by atoms with Crippen LogP contribution in [-0.4, -0.2) is 152 Å². The van der Waals surface area contributed by atoms with Crippen molar-refractivity contribution in [3.05, 3.63) is 0 Å². The topological polar surface area (TPSA) is 133 Å². The van der Waals surface area contributed by atoms with Crippen LogP contribution in [0.3, 0.4) is 0 Å². The van der Waals surface area contributed by atoms with Gasteiger partial charge in [0.05, 0.1) is 26.2 Å². The van der Waals surface area contributed by atoms with Gasteiger partial charge in [-0.15, -0.1) is 0 Å². The Hall–Kier alpha value is -1.84. The predicted octanol–water partition coefficient (Wildman–Crippen LogP) is 1.25. The molecule has 1 aliphatic rings. The minimum absolute atomic E-state index is 0.0768. The molecule has 1 saturated heterocycles. The smallest absolute Gasteiger partial charge is 0.320 e. The molecule has 1 fully saturated rings. The van der Waals surface area contributed by atoms with E-state index in [2.05, 4.69) is 25.8 Å². The second-order valence-electron chi connectivity index (χ2n) is 14.1. The maximum atomic E-state index is 12.8. The van der Waals surface area contributed by atoms with Crippen LogP contribution in [0, 0.1) is 0 Å². The van der Waals surface area contributed by atoms with Crippen LogP contribution in [0.5, 0.6) is 0 Å². The number of amides is 1. The number of carbonyl (C=O) groups excluding carboxylic acids is 4. The lowest BCUT2D eigenvalue weighted by Crippen LogP contribution is -2.50. The van der Waals surface area contributed by atoms with Crippen molar-refractivity contribution in [2.75, 3.05) is 91.6 Å². The van der Waals surface area contributed by atoms with E-state index in [1.807, 2.05) is 81.9 Å². The molecular weight excluding hydrogens is 636 g/mol. The van der Waals surface area contributed by atoms with Crippen molar-refractivity contribution in [1.82, 2.24) is 29.3 Å². The number of esters is 3. The summed E-state index contributed by atoms with van der Waals surface area (Å²) in [6, 6.07) is 0. The highest BCUT2D eigenvalue weighted by atomic mass is 79.9. The van der Waals surface area contributed by atoms with E-state index in [1.54, 1.807) is 0 Å². The molecule has 0 unspecified atom stereocenters. The number of nitrogens with one attached hydrogen (secondary N) is 2. The summed E-state index contributed by atoms with van der Waals surface area (Å²) in [7, 11) is 0. The minimum atomic E-state index is -0.616. The van der Waals surface area contributed by atoms with Crippen molar-refractivity contribution in [1.29, 1.82) is 0 Å². The molecule has 0 aliphatic carbocycles. The van der Waals surface area contributed by atoms with Gasteiger partial charge in [-0.3, -0.25) is 43.1 Å². The van der Waals surface area contributed by atoms with Crippen LogP contribution < -0.4 is 9.66 Å². The lowest BCUT2D eigenvalue weighted by molar-refractivity contribution is -0.158. The summed E-state index contributed by atoms with van der Waals surface area (Å²) in [5.41, 5.74) is -1.84. The average Bonchev–Trinajstić information content (AvgIpc) is 2.82. The van der Waals surface area contributed by atoms with Gasteiger partial charge >= 0.3 is 17.9 Å². The Morgan fingerprint density at radius 1 is 0.523 bits per heavy atom. The Labute approximate surface area is 273 Å². The number of rotatable bonds is 11. The zero-order valence-electron chi connectivity index (χ0n) is 28.4. The Balaban J connectivity index is 3.19. The number of hydrogen-bond acceptors (Lipinski definition) is 12. The summed E-state index contributed by atoms with van der Waals surface area (Å²) in [6.45, 7) is 21.9. The highest BCUT2D eigenvalue weighted by Gasteiger charge is 2.26. The average molecular weight is 694 g/mol. The quantitative estimate of drug-likeness (QED) is 0.140. The van der Waals surface area contributed by atoms with Crippen molar-refractivity contribution in [2.45, 2.75) is 79.1 Å². The Morgan fingerprint density at radius 3 is 1.05 bits per heavy atom. The van der Waals surface area contributed by atoms with Gasteiger partial charge in [0.2, 0.25) is 5.91 Å². The highest BCUT2D eigenvalue weighted by Crippen LogP contribution is 2.11. The molecule has 2 N–H and O–H groups in total. The van der Waals surface area contributed by atoms with Crippen LogP contribution in [0.25, 0.3) is 0 Å². The van der Waals surface area contributed by atoms with Crippen LogP contribution in [-0.2, 0) is 33.4 Å². The number of carbonyl (C=O) groups is 4. The van der Waals surface area contributed by atoms with E-state index in [4.69, 9.17) is 14.2 Å². The summed E-state index contributed by atoms with van der Waals surface area (Å²) in [5.74, 6) is -1.12. The van der Waals surface area contributed by atoms with Gasteiger partial charge in [-0.25, -0.2) is 0 Å². The van der Waals surface area contributed by atoms with E-state index in [1.165, 1.54) is 0 Å². The molecule has 0 atom stereocenters. The first kappa shape index (κ1) is 40.2. The van der Waals surface area contributed by atoms with Crippen LogP contribution in [0.2, 0.25) is 0 Å². The van der Waals surface area contributed by atoms with Crippen LogP contribution in [0.15, 0.2) is 0 Å². The fraction of sp³-hybridized carbons (Fsp3) is 0.867. The minimum Gasteiger partial charge on any atom is -0.459 e. The SMILES string of the molecule is CC(C)(C)OC(=O)CN1CCN(CC(=O)NCCNBr)CCN(CC(=O)OC(C)(C)C)CCN(CC(=O)OC(C)(C)C)CC1. The van der Waals surface area contributed by atoms with E-state index in [0.717, 1.165) is 0 Å². The molecule has 0 aromatic heterocycles. The lowest BCUT2D eigenvalue weighted by atomic mass is 10.2. The van der Waals surface area contributed by atoms with Gasteiger partial charge in [-0.2, -0.15) is 0 Å². The fourth-order valence-corrected chi connectivity index (χ4v) is 4.59. The molecule has 0 saturated carbocycles. The Kier molecular flexibility index (Phi) is 17.3. The molecule has 1 amide bonds. The third-order valence-electron chi connectivity index (χ3n) is 6.16. The number of ether oxygens (including phenoxy) is 3. The van der Waals surface area contributed by atoms with Crippen molar-refractivity contribution in [2.24, 2.45) is 0 Å². The van der Waals surface area contributed by atoms with E-state index in [9.17, 15) is 19.2 Å². The molecule has 1 heterocycles. The molecule has 0 aromatic rings. The van der Waals surface area contributed by atoms with E-state index in [-0.39, 0.29) is 50.0 Å². The van der Waals surface area contributed by atoms with E-state index < -0.39 is 16.8 Å². The molecule has 0 spiro atoms. The van der Waals surface area contributed by atoms with E-state index in [0.29, 0.717) is 65.4 Å². The van der Waals surface area contributed by atoms with Crippen molar-refractivity contribution in [3.8, 4) is 0 Å². The molecule has 1 rings (SSSR count). The summed E-state index contributed by atoms with van der Waals surface area (Å²) >= 11 is 3.14. The summed E-state index contributed by atoms with van der Waals surface area (Å²) in [6.07, 6.45) is 0. The molecule has 0 aromatic carbocycles. The molecule has 256 valence electrons. The monoisotopic (exact) mass is 692 g/mol. The van der Waals surface area contributed by atoms with Gasteiger partial charge < -0.3 is 19.5 Å². The molecule has 1 aliphatic heterocycles. The standard InChI is InChI=1S/C30H57BrN6O7/c1-28(2,3)42-25(39)21-35-14-12-34(20-24(38)32-10-11-33-31)13-15-36(22-26(40)43-29(4,5)6)17-19-37(18-16-35)23-27(41)44-30(7,8)9/h33H,10-23H2,1-9H3,(H,32,38). The van der Waals surface area contributed by atoms with Crippen LogP contribution in [0.4, 0.5) is 0 Å². The zero-order valence-corrected chi connectivity index (χ0v) is 30.0. The Morgan fingerprint density at radius 2 is 0.795 bits per heavy atom. The molecule has 13 nitrogen and oxygen atoms in total. The molecule has 0 radical (unpaired) electrons. The molecule has 44 heavy (non-hydrogen) atoms. The highest BCUT2D eigenvalue weighted by molar-refractivity contribution is 9.08. The van der Waals surface area contributed by atoms with Crippen molar-refractivity contribution < 1.29 is 33.4 Å². The maximum absolute atomic E-state index is 12.8. The van der Waals surface area contributed by atoms with Gasteiger partial charge in [-0.05, 0) is 62.3 Å². The lowest BCUT2D eigenvalue weighted by Gasteiger charge is -2.34. The second-order valence-corrected chi connectivity index (χ2v) is 14.7. The van der Waals surface area contributed by atoms with Gasteiger partial charge in [0.1, 0.15) is 16.8 Å². The fourth-order valence-electron chi connectivity index (χ4n) is 4.39. The maximum Gasteiger partial charge on any atom is 0.320 e. The Bertz CT molecular complexity index is 871. The first-order valence-corrected chi connectivity index (χ1v) is 16.2. The summed E-state index contributed by atoms with van der Waals surface area (Å²) in [4.78, 5) is 59.1. The van der Waals surface area contributed by atoms with Crippen molar-refractivity contribution >= 4 is 40.0 Å². The second kappa shape index (κ2) is 19.0. The number of nitrogens with zero attached hydrogens (tertiary/aromatic N) is 4. The van der Waals surface area contributed by atoms with Gasteiger partial charge in [0.25, 0.3) is 0 Å². The van der Waals surface area contributed by atoms with E-state index >= 15 is 0 Å².